The first-order valence-corrected chi connectivity index (χ1v) is 13.1. The summed E-state index contributed by atoms with van der Waals surface area (Å²) in [5.74, 6) is -1.35. The third-order valence-electron chi connectivity index (χ3n) is 7.22. The first kappa shape index (κ1) is 28.2. The van der Waals surface area contributed by atoms with E-state index in [1.165, 1.54) is 0 Å². The van der Waals surface area contributed by atoms with Gasteiger partial charge in [-0.05, 0) is 64.9 Å². The SMILES string of the molecule is CN(C)CCN(C)CCN(C)CCC1OC(=O)C(=C2CC(C)(C)CC(N3CCCC3)=C2C#N)C(=O)O1. The molecule has 3 aliphatic rings. The zero-order chi connectivity index (χ0) is 26.5. The molecular weight excluding hydrogens is 458 g/mol. The van der Waals surface area contributed by atoms with E-state index in [9.17, 15) is 14.9 Å². The predicted octanol–water partition coefficient (Wildman–Crippen LogP) is 2.22. The number of nitrogens with zero attached hydrogens (tertiary/aromatic N) is 5. The van der Waals surface area contributed by atoms with E-state index < -0.39 is 18.2 Å². The number of hydrogen-bond acceptors (Lipinski definition) is 9. The van der Waals surface area contributed by atoms with Gasteiger partial charge in [-0.15, -0.1) is 0 Å². The maximum Gasteiger partial charge on any atom is 0.348 e. The average Bonchev–Trinajstić information content (AvgIpc) is 3.33. The van der Waals surface area contributed by atoms with Crippen LogP contribution in [-0.2, 0) is 19.1 Å². The molecule has 0 aromatic carbocycles. The Morgan fingerprint density at radius 3 is 2.03 bits per heavy atom. The van der Waals surface area contributed by atoms with Crippen molar-refractivity contribution in [2.75, 3.05) is 74.0 Å². The normalized spacial score (nSPS) is 22.6. The minimum Gasteiger partial charge on any atom is -0.421 e. The molecule has 2 heterocycles. The maximum absolute atomic E-state index is 13.1. The average molecular weight is 502 g/mol. The number of hydrogen-bond donors (Lipinski definition) is 0. The Morgan fingerprint density at radius 1 is 0.917 bits per heavy atom. The molecule has 9 nitrogen and oxygen atoms in total. The molecule has 0 aromatic rings. The zero-order valence-corrected chi connectivity index (χ0v) is 22.9. The molecule has 0 unspecified atom stereocenters. The van der Waals surface area contributed by atoms with Crippen LogP contribution in [0.15, 0.2) is 22.4 Å². The molecule has 3 rings (SSSR count). The minimum atomic E-state index is -0.910. The second-order valence-corrected chi connectivity index (χ2v) is 11.4. The molecule has 0 amide bonds. The summed E-state index contributed by atoms with van der Waals surface area (Å²) in [5, 5.41) is 10.0. The van der Waals surface area contributed by atoms with Crippen molar-refractivity contribution in [3.63, 3.8) is 0 Å². The van der Waals surface area contributed by atoms with E-state index in [2.05, 4.69) is 60.7 Å². The van der Waals surface area contributed by atoms with Gasteiger partial charge in [0.2, 0.25) is 6.29 Å². The van der Waals surface area contributed by atoms with Crippen molar-refractivity contribution < 1.29 is 19.1 Å². The fraction of sp³-hybridized carbons (Fsp3) is 0.741. The fourth-order valence-corrected chi connectivity index (χ4v) is 5.04. The molecule has 0 radical (unpaired) electrons. The van der Waals surface area contributed by atoms with Gasteiger partial charge >= 0.3 is 11.9 Å². The van der Waals surface area contributed by atoms with Gasteiger partial charge in [0.1, 0.15) is 11.6 Å². The largest absolute Gasteiger partial charge is 0.421 e. The summed E-state index contributed by atoms with van der Waals surface area (Å²) >= 11 is 0. The summed E-state index contributed by atoms with van der Waals surface area (Å²) < 4.78 is 11.1. The zero-order valence-electron chi connectivity index (χ0n) is 22.9. The Bertz CT molecular complexity index is 907. The molecule has 36 heavy (non-hydrogen) atoms. The number of carbonyl (C=O) groups is 2. The van der Waals surface area contributed by atoms with E-state index >= 15 is 0 Å². The lowest BCUT2D eigenvalue weighted by Gasteiger charge is -2.38. The van der Waals surface area contributed by atoms with Gasteiger partial charge in [-0.3, -0.25) is 0 Å². The summed E-state index contributed by atoms with van der Waals surface area (Å²) in [6.45, 7) is 10.4. The van der Waals surface area contributed by atoms with Crippen LogP contribution in [0.5, 0.6) is 0 Å². The van der Waals surface area contributed by atoms with E-state index in [1.807, 2.05) is 7.05 Å². The monoisotopic (exact) mass is 501 g/mol. The van der Waals surface area contributed by atoms with Crippen LogP contribution in [0.3, 0.4) is 0 Å². The molecule has 2 fully saturated rings. The van der Waals surface area contributed by atoms with Crippen molar-refractivity contribution in [2.45, 2.75) is 52.2 Å². The highest BCUT2D eigenvalue weighted by Gasteiger charge is 2.42. The Kier molecular flexibility index (Phi) is 9.56. The Morgan fingerprint density at radius 2 is 1.47 bits per heavy atom. The molecule has 0 saturated carbocycles. The lowest BCUT2D eigenvalue weighted by Crippen LogP contribution is -2.40. The molecule has 0 spiro atoms. The molecule has 0 aromatic heterocycles. The standard InChI is InChI=1S/C27H43N5O4/c1-27(2)17-20(21(19-28)22(18-27)32-10-7-8-11-32)24-25(33)35-23(36-26(24)34)9-12-30(5)15-16-31(6)14-13-29(3)4/h23H,7-18H2,1-6H3. The Labute approximate surface area is 216 Å². The van der Waals surface area contributed by atoms with Crippen LogP contribution >= 0.6 is 0 Å². The third kappa shape index (κ3) is 7.31. The van der Waals surface area contributed by atoms with Crippen molar-refractivity contribution >= 4 is 11.9 Å². The second kappa shape index (κ2) is 12.2. The van der Waals surface area contributed by atoms with Crippen LogP contribution in [0.4, 0.5) is 0 Å². The highest BCUT2D eigenvalue weighted by Crippen LogP contribution is 2.45. The number of nitriles is 1. The van der Waals surface area contributed by atoms with Gasteiger partial charge in [0, 0.05) is 57.9 Å². The molecular formula is C27H43N5O4. The van der Waals surface area contributed by atoms with Crippen molar-refractivity contribution in [1.82, 2.24) is 19.6 Å². The van der Waals surface area contributed by atoms with Crippen LogP contribution in [0.25, 0.3) is 0 Å². The number of rotatable bonds is 10. The van der Waals surface area contributed by atoms with Gasteiger partial charge in [-0.2, -0.15) is 5.26 Å². The minimum absolute atomic E-state index is 0.108. The lowest BCUT2D eigenvalue weighted by atomic mass is 9.72. The molecule has 9 heteroatoms. The molecule has 0 atom stereocenters. The molecule has 0 bridgehead atoms. The molecule has 2 aliphatic heterocycles. The number of likely N-dealkylation sites (tertiary alicyclic amines) is 1. The van der Waals surface area contributed by atoms with Crippen LogP contribution in [0.1, 0.15) is 46.0 Å². The van der Waals surface area contributed by atoms with Gasteiger partial charge in [-0.1, -0.05) is 13.8 Å². The Balaban J connectivity index is 1.65. The van der Waals surface area contributed by atoms with Crippen LogP contribution in [0, 0.1) is 16.7 Å². The predicted molar refractivity (Wildman–Crippen MR) is 138 cm³/mol. The van der Waals surface area contributed by atoms with Gasteiger partial charge < -0.3 is 29.1 Å². The summed E-state index contributed by atoms with van der Waals surface area (Å²) in [4.78, 5) is 34.9. The topological polar surface area (TPSA) is 89.4 Å². The van der Waals surface area contributed by atoms with Crippen molar-refractivity contribution in [3.05, 3.63) is 22.4 Å². The second-order valence-electron chi connectivity index (χ2n) is 11.4. The van der Waals surface area contributed by atoms with Gasteiger partial charge in [0.25, 0.3) is 0 Å². The summed E-state index contributed by atoms with van der Waals surface area (Å²) in [5.41, 5.74) is 1.57. The number of likely N-dealkylation sites (N-methyl/N-ethyl adjacent to an activating group) is 3. The molecule has 1 aliphatic carbocycles. The molecule has 0 N–H and O–H groups in total. The number of cyclic esters (lactones) is 2. The number of esters is 2. The van der Waals surface area contributed by atoms with E-state index in [0.717, 1.165) is 64.2 Å². The van der Waals surface area contributed by atoms with Crippen molar-refractivity contribution in [3.8, 4) is 6.07 Å². The van der Waals surface area contributed by atoms with E-state index in [-0.39, 0.29) is 11.0 Å². The van der Waals surface area contributed by atoms with E-state index in [0.29, 0.717) is 30.5 Å². The highest BCUT2D eigenvalue weighted by atomic mass is 16.7. The third-order valence-corrected chi connectivity index (χ3v) is 7.22. The van der Waals surface area contributed by atoms with Crippen LogP contribution in [-0.4, -0.2) is 112 Å². The summed E-state index contributed by atoms with van der Waals surface area (Å²) in [6, 6.07) is 2.30. The van der Waals surface area contributed by atoms with E-state index in [1.54, 1.807) is 0 Å². The van der Waals surface area contributed by atoms with Crippen molar-refractivity contribution in [1.29, 1.82) is 5.26 Å². The lowest BCUT2D eigenvalue weighted by molar-refractivity contribution is -0.195. The fourth-order valence-electron chi connectivity index (χ4n) is 5.04. The van der Waals surface area contributed by atoms with Crippen LogP contribution in [0.2, 0.25) is 0 Å². The van der Waals surface area contributed by atoms with E-state index in [4.69, 9.17) is 9.47 Å². The van der Waals surface area contributed by atoms with Crippen LogP contribution < -0.4 is 0 Å². The molecule has 2 saturated heterocycles. The number of carbonyl (C=O) groups excluding carboxylic acids is 2. The Hall–Kier alpha value is -2.41. The van der Waals surface area contributed by atoms with Gasteiger partial charge in [0.05, 0.1) is 5.57 Å². The first-order chi connectivity index (χ1) is 17.0. The summed E-state index contributed by atoms with van der Waals surface area (Å²) in [7, 11) is 8.23. The number of allylic oxidation sites excluding steroid dienone is 3. The van der Waals surface area contributed by atoms with Gasteiger partial charge in [0.15, 0.2) is 0 Å². The quantitative estimate of drug-likeness (QED) is 0.254. The first-order valence-electron chi connectivity index (χ1n) is 13.1. The highest BCUT2D eigenvalue weighted by molar-refractivity contribution is 6.16. The number of ether oxygens (including phenoxy) is 2. The summed E-state index contributed by atoms with van der Waals surface area (Å²) in [6.07, 6.45) is 2.87. The van der Waals surface area contributed by atoms with Gasteiger partial charge in [-0.25, -0.2) is 9.59 Å². The van der Waals surface area contributed by atoms with Crippen molar-refractivity contribution in [2.24, 2.45) is 5.41 Å². The smallest absolute Gasteiger partial charge is 0.348 e. The molecule has 200 valence electrons. The maximum atomic E-state index is 13.1.